The molecular weight excluding hydrogens is 384 g/mol. The summed E-state index contributed by atoms with van der Waals surface area (Å²) in [6.07, 6.45) is 0.465. The summed E-state index contributed by atoms with van der Waals surface area (Å²) in [5, 5.41) is 3.05. The zero-order valence-electron chi connectivity index (χ0n) is 18.2. The maximum absolute atomic E-state index is 13.4. The average Bonchev–Trinajstić information content (AvgIpc) is 2.81. The van der Waals surface area contributed by atoms with Crippen molar-refractivity contribution in [3.05, 3.63) is 108 Å². The van der Waals surface area contributed by atoms with Crippen molar-refractivity contribution in [1.29, 1.82) is 0 Å². The van der Waals surface area contributed by atoms with Gasteiger partial charge in [0.2, 0.25) is 11.8 Å². The fourth-order valence-electron chi connectivity index (χ4n) is 3.54. The van der Waals surface area contributed by atoms with Gasteiger partial charge in [-0.3, -0.25) is 9.59 Å². The van der Waals surface area contributed by atoms with Gasteiger partial charge in [0.25, 0.3) is 0 Å². The van der Waals surface area contributed by atoms with Crippen molar-refractivity contribution in [3.8, 4) is 0 Å². The zero-order valence-corrected chi connectivity index (χ0v) is 18.2. The van der Waals surface area contributed by atoms with Crippen LogP contribution in [0.2, 0.25) is 0 Å². The van der Waals surface area contributed by atoms with Crippen molar-refractivity contribution in [2.75, 3.05) is 0 Å². The van der Waals surface area contributed by atoms with E-state index in [0.29, 0.717) is 19.5 Å². The van der Waals surface area contributed by atoms with E-state index < -0.39 is 6.04 Å². The van der Waals surface area contributed by atoms with Gasteiger partial charge >= 0.3 is 0 Å². The molecule has 1 atom stereocenters. The van der Waals surface area contributed by atoms with Crippen molar-refractivity contribution in [3.63, 3.8) is 0 Å². The Labute approximate surface area is 184 Å². The molecule has 0 aromatic heterocycles. The van der Waals surface area contributed by atoms with Crippen molar-refractivity contribution in [2.45, 2.75) is 39.4 Å². The minimum atomic E-state index is -0.596. The van der Waals surface area contributed by atoms with Crippen LogP contribution < -0.4 is 5.32 Å². The number of rotatable bonds is 9. The zero-order chi connectivity index (χ0) is 22.1. The third kappa shape index (κ3) is 6.54. The number of carbonyl (C=O) groups excluding carboxylic acids is 2. The number of nitrogens with one attached hydrogen (secondary N) is 1. The van der Waals surface area contributed by atoms with Gasteiger partial charge in [-0.05, 0) is 16.7 Å². The van der Waals surface area contributed by atoms with Gasteiger partial charge in [0.15, 0.2) is 0 Å². The van der Waals surface area contributed by atoms with E-state index in [0.717, 1.165) is 16.7 Å². The minimum absolute atomic E-state index is 0.0281. The normalized spacial score (nSPS) is 11.7. The fourth-order valence-corrected chi connectivity index (χ4v) is 3.54. The highest BCUT2D eigenvalue weighted by Crippen LogP contribution is 2.17. The highest BCUT2D eigenvalue weighted by molar-refractivity contribution is 5.88. The molecule has 0 spiro atoms. The molecule has 4 nitrogen and oxygen atoms in total. The van der Waals surface area contributed by atoms with E-state index in [1.165, 1.54) is 0 Å². The maximum atomic E-state index is 13.4. The Kier molecular flexibility index (Phi) is 7.99. The molecule has 0 fully saturated rings. The van der Waals surface area contributed by atoms with Crippen LogP contribution in [0.1, 0.15) is 30.5 Å². The molecule has 0 saturated carbocycles. The molecule has 0 saturated heterocycles. The van der Waals surface area contributed by atoms with Gasteiger partial charge in [0.1, 0.15) is 6.04 Å². The van der Waals surface area contributed by atoms with Crippen molar-refractivity contribution < 1.29 is 9.59 Å². The van der Waals surface area contributed by atoms with Gasteiger partial charge in [-0.25, -0.2) is 0 Å². The lowest BCUT2D eigenvalue weighted by Gasteiger charge is -2.32. The van der Waals surface area contributed by atoms with Crippen molar-refractivity contribution >= 4 is 11.8 Å². The third-order valence-electron chi connectivity index (χ3n) is 5.23. The molecule has 0 heterocycles. The molecule has 0 aliphatic rings. The monoisotopic (exact) mass is 414 g/mol. The van der Waals surface area contributed by atoms with Crippen LogP contribution in [0.4, 0.5) is 0 Å². The number of carbonyl (C=O) groups is 2. The molecule has 0 radical (unpaired) electrons. The summed E-state index contributed by atoms with van der Waals surface area (Å²) in [5.41, 5.74) is 3.06. The van der Waals surface area contributed by atoms with Gasteiger partial charge in [-0.1, -0.05) is 105 Å². The van der Waals surface area contributed by atoms with Gasteiger partial charge in [0.05, 0.1) is 0 Å². The maximum Gasteiger partial charge on any atom is 0.243 e. The first-order chi connectivity index (χ1) is 15.0. The number of benzene rings is 3. The predicted molar refractivity (Wildman–Crippen MR) is 124 cm³/mol. The summed E-state index contributed by atoms with van der Waals surface area (Å²) in [4.78, 5) is 28.3. The molecule has 3 aromatic carbocycles. The second-order valence-electron chi connectivity index (χ2n) is 8.02. The van der Waals surface area contributed by atoms with Crippen LogP contribution in [0, 0.1) is 5.92 Å². The lowest BCUT2D eigenvalue weighted by atomic mass is 10.0. The Morgan fingerprint density at radius 2 is 1.23 bits per heavy atom. The molecule has 0 aliphatic carbocycles. The molecule has 0 bridgehead atoms. The largest absolute Gasteiger partial charge is 0.350 e. The fraction of sp³-hybridized carbons (Fsp3) is 0.259. The molecular formula is C27H30N2O2. The number of nitrogens with zero attached hydrogens (tertiary/aromatic N) is 1. The summed E-state index contributed by atoms with van der Waals surface area (Å²) >= 11 is 0. The van der Waals surface area contributed by atoms with Crippen molar-refractivity contribution in [1.82, 2.24) is 10.2 Å². The average molecular weight is 415 g/mol. The molecule has 1 unspecified atom stereocenters. The van der Waals surface area contributed by atoms with Crippen LogP contribution in [0.25, 0.3) is 0 Å². The molecule has 4 heteroatoms. The van der Waals surface area contributed by atoms with E-state index in [2.05, 4.69) is 5.32 Å². The first-order valence-corrected chi connectivity index (χ1v) is 10.7. The number of hydrogen-bond acceptors (Lipinski definition) is 2. The first-order valence-electron chi connectivity index (χ1n) is 10.7. The van der Waals surface area contributed by atoms with Crippen molar-refractivity contribution in [2.24, 2.45) is 5.92 Å². The Morgan fingerprint density at radius 1 is 0.742 bits per heavy atom. The van der Waals surface area contributed by atoms with Crippen LogP contribution >= 0.6 is 0 Å². The van der Waals surface area contributed by atoms with E-state index in [9.17, 15) is 9.59 Å². The van der Waals surface area contributed by atoms with E-state index in [4.69, 9.17) is 0 Å². The predicted octanol–water partition coefficient (Wildman–Crippen LogP) is 4.60. The second-order valence-corrected chi connectivity index (χ2v) is 8.02. The van der Waals surface area contributed by atoms with Crippen LogP contribution in [0.3, 0.4) is 0 Å². The summed E-state index contributed by atoms with van der Waals surface area (Å²) in [6, 6.07) is 28.9. The summed E-state index contributed by atoms with van der Waals surface area (Å²) in [6.45, 7) is 4.58. The smallest absolute Gasteiger partial charge is 0.243 e. The van der Waals surface area contributed by atoms with Gasteiger partial charge in [-0.15, -0.1) is 0 Å². The molecule has 3 aromatic rings. The van der Waals surface area contributed by atoms with Crippen LogP contribution in [-0.2, 0) is 29.1 Å². The number of hydrogen-bond donors (Lipinski definition) is 1. The lowest BCUT2D eigenvalue weighted by Crippen LogP contribution is -2.51. The molecule has 31 heavy (non-hydrogen) atoms. The Morgan fingerprint density at radius 3 is 1.74 bits per heavy atom. The third-order valence-corrected chi connectivity index (χ3v) is 5.23. The van der Waals surface area contributed by atoms with Gasteiger partial charge < -0.3 is 10.2 Å². The van der Waals surface area contributed by atoms with E-state index >= 15 is 0 Å². The minimum Gasteiger partial charge on any atom is -0.350 e. The van der Waals surface area contributed by atoms with Gasteiger partial charge in [-0.2, -0.15) is 0 Å². The Bertz CT molecular complexity index is 956. The van der Waals surface area contributed by atoms with Crippen LogP contribution in [0.5, 0.6) is 0 Å². The van der Waals surface area contributed by atoms with Gasteiger partial charge in [0, 0.05) is 25.4 Å². The molecule has 1 N–H and O–H groups in total. The standard InChI is InChI=1S/C27H30N2O2/c1-21(2)27(31)29(20-24-16-10-5-11-17-24)25(18-22-12-6-3-7-13-22)26(30)28-19-23-14-8-4-9-15-23/h3-17,21,25H,18-20H2,1-2H3,(H,28,30). The second kappa shape index (κ2) is 11.1. The van der Waals surface area contributed by atoms with Crippen LogP contribution in [0.15, 0.2) is 91.0 Å². The highest BCUT2D eigenvalue weighted by Gasteiger charge is 2.31. The number of amides is 2. The first kappa shape index (κ1) is 22.3. The quantitative estimate of drug-likeness (QED) is 0.556. The topological polar surface area (TPSA) is 49.4 Å². The molecule has 160 valence electrons. The molecule has 2 amide bonds. The van der Waals surface area contributed by atoms with E-state index in [1.54, 1.807) is 4.90 Å². The van der Waals surface area contributed by atoms with E-state index in [-0.39, 0.29) is 17.7 Å². The van der Waals surface area contributed by atoms with E-state index in [1.807, 2.05) is 105 Å². The Balaban J connectivity index is 1.88. The summed E-state index contributed by atoms with van der Waals surface area (Å²) in [7, 11) is 0. The summed E-state index contributed by atoms with van der Waals surface area (Å²) < 4.78 is 0. The SMILES string of the molecule is CC(C)C(=O)N(Cc1ccccc1)C(Cc1ccccc1)C(=O)NCc1ccccc1. The van der Waals surface area contributed by atoms with Crippen LogP contribution in [-0.4, -0.2) is 22.8 Å². The highest BCUT2D eigenvalue weighted by atomic mass is 16.2. The lowest BCUT2D eigenvalue weighted by molar-refractivity contribution is -0.143. The molecule has 3 rings (SSSR count). The summed E-state index contributed by atoms with van der Waals surface area (Å²) in [5.74, 6) is -0.374. The Hall–Kier alpha value is -3.40. The molecule has 0 aliphatic heterocycles.